The van der Waals surface area contributed by atoms with Crippen molar-refractivity contribution in [3.8, 4) is 0 Å². The number of hydrogen-bond acceptors (Lipinski definition) is 2. The molecular formula is C11H14N2O. The second kappa shape index (κ2) is 5.17. The van der Waals surface area contributed by atoms with Crippen molar-refractivity contribution in [2.24, 2.45) is 10.1 Å². The molecule has 1 aromatic rings. The van der Waals surface area contributed by atoms with E-state index in [2.05, 4.69) is 16.9 Å². The molecule has 14 heavy (non-hydrogen) atoms. The molecule has 0 bridgehead atoms. The molecular weight excluding hydrogens is 176 g/mol. The molecule has 1 rings (SSSR count). The molecule has 74 valence electrons. The van der Waals surface area contributed by atoms with Crippen LogP contribution in [0.1, 0.15) is 18.1 Å². The van der Waals surface area contributed by atoms with E-state index in [9.17, 15) is 0 Å². The lowest BCUT2D eigenvalue weighted by Gasteiger charge is -2.01. The molecule has 0 aliphatic carbocycles. The van der Waals surface area contributed by atoms with Gasteiger partial charge in [-0.1, -0.05) is 28.9 Å². The van der Waals surface area contributed by atoms with Gasteiger partial charge in [-0.3, -0.25) is 0 Å². The van der Waals surface area contributed by atoms with E-state index in [1.165, 1.54) is 0 Å². The van der Waals surface area contributed by atoms with Crippen molar-refractivity contribution in [2.75, 3.05) is 6.61 Å². The number of aliphatic imine (C=N–C) groups is 1. The van der Waals surface area contributed by atoms with Gasteiger partial charge in [-0.25, -0.2) is 4.99 Å². The zero-order valence-corrected chi connectivity index (χ0v) is 8.53. The fraction of sp³-hybridized carbons (Fsp3) is 0.273. The Labute approximate surface area is 84.1 Å². The monoisotopic (exact) mass is 190 g/mol. The van der Waals surface area contributed by atoms with Gasteiger partial charge in [0, 0.05) is 5.56 Å². The topological polar surface area (TPSA) is 34.0 Å². The summed E-state index contributed by atoms with van der Waals surface area (Å²) in [5, 5.41) is 3.86. The van der Waals surface area contributed by atoms with Crippen molar-refractivity contribution in [3.63, 3.8) is 0 Å². The first-order chi connectivity index (χ1) is 6.77. The molecule has 0 fully saturated rings. The molecule has 0 saturated heterocycles. The largest absolute Gasteiger partial charge is 0.394 e. The summed E-state index contributed by atoms with van der Waals surface area (Å²) in [5.74, 6) is 0.524. The van der Waals surface area contributed by atoms with Crippen LogP contribution in [0.4, 0.5) is 0 Å². The molecule has 0 N–H and O–H groups in total. The summed E-state index contributed by atoms with van der Waals surface area (Å²) in [7, 11) is 0. The minimum absolute atomic E-state index is 0.524. The van der Waals surface area contributed by atoms with Crippen LogP contribution >= 0.6 is 0 Å². The summed E-state index contributed by atoms with van der Waals surface area (Å²) in [4.78, 5) is 8.75. The lowest BCUT2D eigenvalue weighted by atomic mass is 10.1. The van der Waals surface area contributed by atoms with Crippen LogP contribution in [0.25, 0.3) is 0 Å². The van der Waals surface area contributed by atoms with E-state index >= 15 is 0 Å². The molecule has 0 saturated carbocycles. The van der Waals surface area contributed by atoms with Crippen molar-refractivity contribution >= 4 is 12.6 Å². The Bertz CT molecular complexity index is 345. The third kappa shape index (κ3) is 2.69. The van der Waals surface area contributed by atoms with Crippen LogP contribution in [-0.2, 0) is 4.84 Å². The average Bonchev–Trinajstić information content (AvgIpc) is 2.19. The van der Waals surface area contributed by atoms with Crippen LogP contribution in [0.3, 0.4) is 0 Å². The van der Waals surface area contributed by atoms with Gasteiger partial charge < -0.3 is 4.84 Å². The van der Waals surface area contributed by atoms with E-state index in [4.69, 9.17) is 4.84 Å². The standard InChI is InChI=1S/C11H14N2O/c1-4-14-13-11(12-3)10-7-5-6-9(2)8-10/h5-8H,3-4H2,1-2H3/b13-11-. The Balaban J connectivity index is 2.94. The highest BCUT2D eigenvalue weighted by Gasteiger charge is 2.00. The maximum atomic E-state index is 4.94. The lowest BCUT2D eigenvalue weighted by molar-refractivity contribution is 0.158. The van der Waals surface area contributed by atoms with Crippen LogP contribution in [0, 0.1) is 6.92 Å². The van der Waals surface area contributed by atoms with Crippen LogP contribution in [0.15, 0.2) is 34.4 Å². The van der Waals surface area contributed by atoms with Gasteiger partial charge in [0.15, 0.2) is 5.84 Å². The van der Waals surface area contributed by atoms with Crippen molar-refractivity contribution in [2.45, 2.75) is 13.8 Å². The van der Waals surface area contributed by atoms with Crippen LogP contribution < -0.4 is 0 Å². The SMILES string of the molecule is C=N/C(=N\OCC)c1cccc(C)c1. The highest BCUT2D eigenvalue weighted by molar-refractivity contribution is 6.01. The van der Waals surface area contributed by atoms with Crippen LogP contribution in [0.5, 0.6) is 0 Å². The smallest absolute Gasteiger partial charge is 0.198 e. The fourth-order valence-corrected chi connectivity index (χ4v) is 1.08. The van der Waals surface area contributed by atoms with Gasteiger partial charge in [0.1, 0.15) is 6.61 Å². The third-order valence-corrected chi connectivity index (χ3v) is 1.71. The second-order valence-corrected chi connectivity index (χ2v) is 2.86. The molecule has 0 aliphatic heterocycles. The number of nitrogens with zero attached hydrogens (tertiary/aromatic N) is 2. The molecule has 0 aliphatic rings. The van der Waals surface area contributed by atoms with Gasteiger partial charge in [0.05, 0.1) is 0 Å². The van der Waals surface area contributed by atoms with E-state index in [-0.39, 0.29) is 0 Å². The molecule has 0 amide bonds. The zero-order valence-electron chi connectivity index (χ0n) is 8.53. The predicted octanol–water partition coefficient (Wildman–Crippen LogP) is 2.39. The number of amidine groups is 1. The molecule has 0 aromatic heterocycles. The molecule has 3 heteroatoms. The fourth-order valence-electron chi connectivity index (χ4n) is 1.08. The number of oxime groups is 1. The average molecular weight is 190 g/mol. The number of hydrogen-bond donors (Lipinski definition) is 0. The molecule has 0 heterocycles. The first-order valence-electron chi connectivity index (χ1n) is 4.51. The first kappa shape index (κ1) is 10.4. The number of rotatable bonds is 3. The van der Waals surface area contributed by atoms with E-state index in [0.717, 1.165) is 11.1 Å². The summed E-state index contributed by atoms with van der Waals surface area (Å²) >= 11 is 0. The summed E-state index contributed by atoms with van der Waals surface area (Å²) < 4.78 is 0. The second-order valence-electron chi connectivity index (χ2n) is 2.86. The van der Waals surface area contributed by atoms with Crippen molar-refractivity contribution in [1.29, 1.82) is 0 Å². The summed E-state index contributed by atoms with van der Waals surface area (Å²) in [6, 6.07) is 7.90. The molecule has 0 spiro atoms. The Kier molecular flexibility index (Phi) is 3.85. The van der Waals surface area contributed by atoms with Gasteiger partial charge in [0.25, 0.3) is 0 Å². The highest BCUT2D eigenvalue weighted by Crippen LogP contribution is 2.06. The first-order valence-corrected chi connectivity index (χ1v) is 4.51. The minimum Gasteiger partial charge on any atom is -0.394 e. The van der Waals surface area contributed by atoms with E-state index in [1.807, 2.05) is 38.1 Å². The van der Waals surface area contributed by atoms with Crippen molar-refractivity contribution < 1.29 is 4.84 Å². The maximum absolute atomic E-state index is 4.94. The lowest BCUT2D eigenvalue weighted by Crippen LogP contribution is -1.98. The van der Waals surface area contributed by atoms with Crippen molar-refractivity contribution in [3.05, 3.63) is 35.4 Å². The molecule has 3 nitrogen and oxygen atoms in total. The maximum Gasteiger partial charge on any atom is 0.198 e. The van der Waals surface area contributed by atoms with Gasteiger partial charge in [0.2, 0.25) is 0 Å². The molecule has 0 atom stereocenters. The van der Waals surface area contributed by atoms with Crippen LogP contribution in [-0.4, -0.2) is 19.2 Å². The van der Waals surface area contributed by atoms with Gasteiger partial charge in [-0.05, 0) is 26.6 Å². The minimum atomic E-state index is 0.524. The van der Waals surface area contributed by atoms with E-state index < -0.39 is 0 Å². The Morgan fingerprint density at radius 2 is 2.29 bits per heavy atom. The predicted molar refractivity (Wildman–Crippen MR) is 58.9 cm³/mol. The normalized spacial score (nSPS) is 11.1. The Hall–Kier alpha value is -1.64. The molecule has 0 radical (unpaired) electrons. The molecule has 0 unspecified atom stereocenters. The van der Waals surface area contributed by atoms with Gasteiger partial charge in [-0.2, -0.15) is 0 Å². The summed E-state index contributed by atoms with van der Waals surface area (Å²) in [5.41, 5.74) is 2.09. The summed E-state index contributed by atoms with van der Waals surface area (Å²) in [6.07, 6.45) is 0. The highest BCUT2D eigenvalue weighted by atomic mass is 16.6. The van der Waals surface area contributed by atoms with E-state index in [0.29, 0.717) is 12.4 Å². The van der Waals surface area contributed by atoms with Crippen molar-refractivity contribution in [1.82, 2.24) is 0 Å². The Morgan fingerprint density at radius 3 is 2.86 bits per heavy atom. The number of benzene rings is 1. The Morgan fingerprint density at radius 1 is 1.50 bits per heavy atom. The van der Waals surface area contributed by atoms with E-state index in [1.54, 1.807) is 0 Å². The summed E-state index contributed by atoms with van der Waals surface area (Å²) in [6.45, 7) is 7.89. The molecule has 1 aromatic carbocycles. The van der Waals surface area contributed by atoms with Gasteiger partial charge >= 0.3 is 0 Å². The van der Waals surface area contributed by atoms with Crippen LogP contribution in [0.2, 0.25) is 0 Å². The quantitative estimate of drug-likeness (QED) is 0.409. The van der Waals surface area contributed by atoms with Gasteiger partial charge in [-0.15, -0.1) is 0 Å². The third-order valence-electron chi connectivity index (χ3n) is 1.71. The zero-order chi connectivity index (χ0) is 10.4. The number of aryl methyl sites for hydroxylation is 1.